The van der Waals surface area contributed by atoms with Gasteiger partial charge in [0.15, 0.2) is 0 Å². The van der Waals surface area contributed by atoms with Crippen LogP contribution in [-0.4, -0.2) is 127 Å². The Bertz CT molecular complexity index is 777. The predicted molar refractivity (Wildman–Crippen MR) is 134 cm³/mol. The van der Waals surface area contributed by atoms with E-state index in [4.69, 9.17) is 0 Å². The summed E-state index contributed by atoms with van der Waals surface area (Å²) in [5, 5.41) is 3.15. The van der Waals surface area contributed by atoms with E-state index in [1.54, 1.807) is 0 Å². The van der Waals surface area contributed by atoms with E-state index in [-0.39, 0.29) is 17.9 Å². The molecule has 5 heterocycles. The first-order valence-corrected chi connectivity index (χ1v) is 14.1. The zero-order chi connectivity index (χ0) is 24.4. The van der Waals surface area contributed by atoms with Gasteiger partial charge in [-0.2, -0.15) is 0 Å². The Kier molecular flexibility index (Phi) is 7.82. The molecule has 0 radical (unpaired) electrons. The summed E-state index contributed by atoms with van der Waals surface area (Å²) in [5.41, 5.74) is 0. The first kappa shape index (κ1) is 24.8. The van der Waals surface area contributed by atoms with E-state index < -0.39 is 0 Å². The molecule has 5 aliphatic heterocycles. The van der Waals surface area contributed by atoms with Crippen LogP contribution in [0.2, 0.25) is 0 Å². The van der Waals surface area contributed by atoms with Gasteiger partial charge in [0.25, 0.3) is 0 Å². The second kappa shape index (κ2) is 11.0. The molecule has 2 bridgehead atoms. The molecule has 2 unspecified atom stereocenters. The van der Waals surface area contributed by atoms with Crippen LogP contribution in [0.4, 0.5) is 4.79 Å². The molecule has 5 saturated heterocycles. The maximum atomic E-state index is 13.3. The summed E-state index contributed by atoms with van der Waals surface area (Å²) in [7, 11) is 0. The zero-order valence-electron chi connectivity index (χ0n) is 21.5. The summed E-state index contributed by atoms with van der Waals surface area (Å²) in [6, 6.07) is 0.466. The SMILES string of the molecule is CCN1CCN(CCNC(=O)C2CCN(C(=O)N3CC4CC(C3)[C@H]3CCCC(=O)N3C4)CC2)CC1. The molecule has 0 aromatic carbocycles. The van der Waals surface area contributed by atoms with E-state index in [1.807, 2.05) is 9.80 Å². The van der Waals surface area contributed by atoms with Gasteiger partial charge in [-0.1, -0.05) is 6.92 Å². The molecular formula is C26H44N6O3. The zero-order valence-corrected chi connectivity index (χ0v) is 21.5. The van der Waals surface area contributed by atoms with Crippen LogP contribution in [0.1, 0.15) is 45.4 Å². The molecule has 1 N–H and O–H groups in total. The van der Waals surface area contributed by atoms with Gasteiger partial charge in [-0.3, -0.25) is 14.5 Å². The Morgan fingerprint density at radius 1 is 0.914 bits per heavy atom. The lowest BCUT2D eigenvalue weighted by molar-refractivity contribution is -0.144. The van der Waals surface area contributed by atoms with Crippen molar-refractivity contribution in [2.75, 3.05) is 78.5 Å². The van der Waals surface area contributed by atoms with Crippen LogP contribution in [0.25, 0.3) is 0 Å². The monoisotopic (exact) mass is 488 g/mol. The van der Waals surface area contributed by atoms with Crippen LogP contribution >= 0.6 is 0 Å². The van der Waals surface area contributed by atoms with Crippen LogP contribution in [0, 0.1) is 17.8 Å². The lowest BCUT2D eigenvalue weighted by atomic mass is 9.76. The van der Waals surface area contributed by atoms with Crippen LogP contribution < -0.4 is 5.32 Å². The van der Waals surface area contributed by atoms with Crippen molar-refractivity contribution >= 4 is 17.8 Å². The Labute approximate surface area is 210 Å². The molecule has 9 nitrogen and oxygen atoms in total. The number of piperazine rings is 1. The molecule has 0 aromatic rings. The molecule has 3 atom stereocenters. The summed E-state index contributed by atoms with van der Waals surface area (Å²) >= 11 is 0. The molecule has 0 spiro atoms. The molecule has 0 aromatic heterocycles. The number of carbonyl (C=O) groups excluding carboxylic acids is 3. The number of hydrogen-bond acceptors (Lipinski definition) is 5. The molecule has 35 heavy (non-hydrogen) atoms. The van der Waals surface area contributed by atoms with E-state index in [0.717, 1.165) is 91.0 Å². The van der Waals surface area contributed by atoms with Gasteiger partial charge in [-0.25, -0.2) is 4.79 Å². The van der Waals surface area contributed by atoms with Crippen molar-refractivity contribution in [3.63, 3.8) is 0 Å². The highest BCUT2D eigenvalue weighted by Crippen LogP contribution is 2.38. The van der Waals surface area contributed by atoms with Crippen LogP contribution in [-0.2, 0) is 9.59 Å². The number of nitrogens with one attached hydrogen (secondary N) is 1. The van der Waals surface area contributed by atoms with Gasteiger partial charge >= 0.3 is 6.03 Å². The molecule has 5 rings (SSSR count). The number of piperidine rings is 4. The summed E-state index contributed by atoms with van der Waals surface area (Å²) in [6.45, 7) is 13.0. The van der Waals surface area contributed by atoms with Gasteiger partial charge in [-0.15, -0.1) is 0 Å². The highest BCUT2D eigenvalue weighted by molar-refractivity contribution is 5.80. The number of likely N-dealkylation sites (N-methyl/N-ethyl adjacent to an activating group) is 1. The second-order valence-corrected chi connectivity index (χ2v) is 11.4. The Morgan fingerprint density at radius 2 is 1.66 bits per heavy atom. The number of carbonyl (C=O) groups is 3. The van der Waals surface area contributed by atoms with E-state index in [1.165, 1.54) is 0 Å². The van der Waals surface area contributed by atoms with Crippen molar-refractivity contribution in [1.29, 1.82) is 0 Å². The van der Waals surface area contributed by atoms with E-state index >= 15 is 0 Å². The molecule has 9 heteroatoms. The molecular weight excluding hydrogens is 444 g/mol. The Morgan fingerprint density at radius 3 is 2.40 bits per heavy atom. The fourth-order valence-electron chi connectivity index (χ4n) is 7.11. The topological polar surface area (TPSA) is 79.4 Å². The molecule has 5 fully saturated rings. The van der Waals surface area contributed by atoms with E-state index in [0.29, 0.717) is 49.8 Å². The fraction of sp³-hybridized carbons (Fsp3) is 0.885. The van der Waals surface area contributed by atoms with Crippen LogP contribution in [0.3, 0.4) is 0 Å². The molecule has 196 valence electrons. The minimum absolute atomic E-state index is 0.0125. The lowest BCUT2D eigenvalue weighted by Gasteiger charge is -2.53. The second-order valence-electron chi connectivity index (χ2n) is 11.4. The average molecular weight is 489 g/mol. The normalized spacial score (nSPS) is 30.8. The Hall–Kier alpha value is -1.87. The number of amides is 4. The molecule has 4 amide bonds. The van der Waals surface area contributed by atoms with E-state index in [9.17, 15) is 14.4 Å². The van der Waals surface area contributed by atoms with Gasteiger partial charge in [0.05, 0.1) is 0 Å². The smallest absolute Gasteiger partial charge is 0.320 e. The molecule has 5 aliphatic rings. The highest BCUT2D eigenvalue weighted by atomic mass is 16.2. The van der Waals surface area contributed by atoms with Crippen molar-refractivity contribution in [1.82, 2.24) is 29.8 Å². The lowest BCUT2D eigenvalue weighted by Crippen LogP contribution is -2.62. The largest absolute Gasteiger partial charge is 0.355 e. The third kappa shape index (κ3) is 5.61. The van der Waals surface area contributed by atoms with Crippen molar-refractivity contribution in [3.8, 4) is 0 Å². The first-order valence-electron chi connectivity index (χ1n) is 14.1. The predicted octanol–water partition coefficient (Wildman–Crippen LogP) is 0.905. The Balaban J connectivity index is 1.03. The van der Waals surface area contributed by atoms with Crippen LogP contribution in [0.5, 0.6) is 0 Å². The van der Waals surface area contributed by atoms with Crippen molar-refractivity contribution < 1.29 is 14.4 Å². The minimum atomic E-state index is 0.0125. The quantitative estimate of drug-likeness (QED) is 0.622. The van der Waals surface area contributed by atoms with Gasteiger partial charge < -0.3 is 24.9 Å². The third-order valence-corrected chi connectivity index (χ3v) is 9.23. The summed E-state index contributed by atoms with van der Waals surface area (Å²) in [6.07, 6.45) is 5.41. The summed E-state index contributed by atoms with van der Waals surface area (Å²) in [4.78, 5) is 49.5. The minimum Gasteiger partial charge on any atom is -0.355 e. The van der Waals surface area contributed by atoms with E-state index in [2.05, 4.69) is 26.9 Å². The van der Waals surface area contributed by atoms with Crippen molar-refractivity contribution in [2.24, 2.45) is 17.8 Å². The summed E-state index contributed by atoms with van der Waals surface area (Å²) in [5.74, 6) is 1.31. The van der Waals surface area contributed by atoms with Crippen molar-refractivity contribution in [3.05, 3.63) is 0 Å². The number of nitrogens with zero attached hydrogens (tertiary/aromatic N) is 5. The average Bonchev–Trinajstić information content (AvgIpc) is 2.89. The maximum Gasteiger partial charge on any atom is 0.320 e. The van der Waals surface area contributed by atoms with Gasteiger partial charge in [0.2, 0.25) is 11.8 Å². The van der Waals surface area contributed by atoms with Gasteiger partial charge in [0.1, 0.15) is 0 Å². The third-order valence-electron chi connectivity index (χ3n) is 9.23. The number of urea groups is 1. The fourth-order valence-corrected chi connectivity index (χ4v) is 7.11. The van der Waals surface area contributed by atoms with Gasteiger partial charge in [0, 0.05) is 90.4 Å². The summed E-state index contributed by atoms with van der Waals surface area (Å²) < 4.78 is 0. The standard InChI is InChI=1S/C26H44N6O3/c1-2-28-12-14-29(15-13-28)11-8-27-25(34)21-6-9-30(10-7-21)26(35)31-17-20-16-22(19-31)23-4-3-5-24(33)32(23)18-20/h20-23H,2-19H2,1H3,(H,27,34)/t20?,22?,23-/m1/s1. The van der Waals surface area contributed by atoms with Gasteiger partial charge in [-0.05, 0) is 50.5 Å². The number of rotatable bonds is 5. The maximum absolute atomic E-state index is 13.3. The highest BCUT2D eigenvalue weighted by Gasteiger charge is 2.45. The van der Waals surface area contributed by atoms with Crippen molar-refractivity contribution in [2.45, 2.75) is 51.5 Å². The number of likely N-dealkylation sites (tertiary alicyclic amines) is 2. The number of hydrogen-bond donors (Lipinski definition) is 1. The molecule has 0 aliphatic carbocycles. The first-order chi connectivity index (χ1) is 17.0. The molecule has 0 saturated carbocycles. The van der Waals surface area contributed by atoms with Crippen LogP contribution in [0.15, 0.2) is 0 Å². The number of fused-ring (bicyclic) bond motifs is 4.